The molecule has 4 aromatic rings. The van der Waals surface area contributed by atoms with Gasteiger partial charge in [-0.05, 0) is 75.1 Å². The summed E-state index contributed by atoms with van der Waals surface area (Å²) in [7, 11) is 0. The van der Waals surface area contributed by atoms with Crippen molar-refractivity contribution in [1.29, 1.82) is 0 Å². The van der Waals surface area contributed by atoms with Crippen molar-refractivity contribution in [2.24, 2.45) is 0 Å². The zero-order valence-electron chi connectivity index (χ0n) is 20.8. The summed E-state index contributed by atoms with van der Waals surface area (Å²) >= 11 is 1.17. The number of carbonyl (C=O) groups is 2. The number of nitrogens with zero attached hydrogens (tertiary/aromatic N) is 3. The Morgan fingerprint density at radius 1 is 1.08 bits per heavy atom. The number of anilines is 1. The Bertz CT molecular complexity index is 1490. The van der Waals surface area contributed by atoms with Crippen LogP contribution in [0.5, 0.6) is 11.5 Å². The van der Waals surface area contributed by atoms with Gasteiger partial charge in [0.25, 0.3) is 11.5 Å². The summed E-state index contributed by atoms with van der Waals surface area (Å²) in [5, 5.41) is 3.26. The van der Waals surface area contributed by atoms with E-state index < -0.39 is 0 Å². The van der Waals surface area contributed by atoms with Crippen LogP contribution in [0.15, 0.2) is 65.7 Å². The van der Waals surface area contributed by atoms with E-state index in [2.05, 4.69) is 10.3 Å². The number of hydrogen-bond acceptors (Lipinski definition) is 6. The molecule has 1 aliphatic heterocycles. The second-order valence-corrected chi connectivity index (χ2v) is 10.2. The number of para-hydroxylation sites is 1. The summed E-state index contributed by atoms with van der Waals surface area (Å²) in [6.07, 6.45) is 4.47. The predicted octanol–water partition coefficient (Wildman–Crippen LogP) is 5.21. The van der Waals surface area contributed by atoms with Crippen LogP contribution in [0.25, 0.3) is 10.2 Å². The Hall–Kier alpha value is -3.98. The smallest absolute Gasteiger partial charge is 0.266 e. The molecule has 5 rings (SSSR count). The molecule has 3 heterocycles. The highest BCUT2D eigenvalue weighted by atomic mass is 32.1. The number of fused-ring (bicyclic) bond motifs is 1. The molecule has 9 heteroatoms. The molecule has 0 saturated carbocycles. The zero-order chi connectivity index (χ0) is 25.9. The lowest BCUT2D eigenvalue weighted by molar-refractivity contribution is -0.135. The molecule has 1 aliphatic rings. The van der Waals surface area contributed by atoms with Crippen LogP contribution in [0.2, 0.25) is 0 Å². The van der Waals surface area contributed by atoms with Gasteiger partial charge in [-0.1, -0.05) is 18.2 Å². The molecule has 1 fully saturated rings. The van der Waals surface area contributed by atoms with Gasteiger partial charge in [0.15, 0.2) is 0 Å². The Kier molecular flexibility index (Phi) is 7.05. The van der Waals surface area contributed by atoms with E-state index in [1.165, 1.54) is 22.2 Å². The highest BCUT2D eigenvalue weighted by Gasteiger charge is 2.25. The fourth-order valence-electron chi connectivity index (χ4n) is 4.61. The third kappa shape index (κ3) is 5.27. The standard InChI is InChI=1S/C28H28N4O4S/c1-18-8-6-7-15-32(18)23(33)16-31-17-29-27-24(28(31)35)19(2)25(37-27)26(34)30-20-11-13-22(14-12-20)36-21-9-4-3-5-10-21/h3-5,9-14,17-18H,6-8,15-16H2,1-2H3,(H,30,34). The number of rotatable bonds is 6. The number of nitrogens with one attached hydrogen (secondary N) is 1. The largest absolute Gasteiger partial charge is 0.457 e. The number of thiophene rings is 1. The van der Waals surface area contributed by atoms with Gasteiger partial charge in [0, 0.05) is 18.3 Å². The average Bonchev–Trinajstić information content (AvgIpc) is 3.25. The maximum absolute atomic E-state index is 13.2. The second-order valence-electron chi connectivity index (χ2n) is 9.24. The molecule has 0 bridgehead atoms. The Morgan fingerprint density at radius 2 is 1.81 bits per heavy atom. The van der Waals surface area contributed by atoms with Crippen LogP contribution in [0.3, 0.4) is 0 Å². The number of aromatic nitrogens is 2. The normalized spacial score (nSPS) is 15.5. The lowest BCUT2D eigenvalue weighted by atomic mass is 10.0. The van der Waals surface area contributed by atoms with Gasteiger partial charge >= 0.3 is 0 Å². The fourth-order valence-corrected chi connectivity index (χ4v) is 5.65. The molecule has 2 aromatic carbocycles. The van der Waals surface area contributed by atoms with Crippen molar-refractivity contribution >= 4 is 39.1 Å². The van der Waals surface area contributed by atoms with Crippen molar-refractivity contribution in [3.63, 3.8) is 0 Å². The highest BCUT2D eigenvalue weighted by molar-refractivity contribution is 7.20. The van der Waals surface area contributed by atoms with Crippen molar-refractivity contribution in [2.45, 2.75) is 45.7 Å². The molecule has 0 spiro atoms. The van der Waals surface area contributed by atoms with E-state index in [0.717, 1.165) is 25.0 Å². The molecule has 1 saturated heterocycles. The number of carbonyl (C=O) groups excluding carboxylic acids is 2. The van der Waals surface area contributed by atoms with Gasteiger partial charge in [-0.25, -0.2) is 4.98 Å². The van der Waals surface area contributed by atoms with Gasteiger partial charge in [-0.2, -0.15) is 0 Å². The van der Waals surface area contributed by atoms with Crippen LogP contribution in [0.4, 0.5) is 5.69 Å². The molecule has 1 unspecified atom stereocenters. The maximum atomic E-state index is 13.2. The first-order valence-corrected chi connectivity index (χ1v) is 13.1. The SMILES string of the molecule is Cc1c(C(=O)Nc2ccc(Oc3ccccc3)cc2)sc2ncn(CC(=O)N3CCCCC3C)c(=O)c12. The Labute approximate surface area is 218 Å². The van der Waals surface area contributed by atoms with Gasteiger partial charge in [-0.3, -0.25) is 19.0 Å². The first kappa shape index (κ1) is 24.7. The summed E-state index contributed by atoms with van der Waals surface area (Å²) in [5.41, 5.74) is 0.860. The Morgan fingerprint density at radius 3 is 2.54 bits per heavy atom. The number of likely N-dealkylation sites (tertiary alicyclic amines) is 1. The molecule has 2 amide bonds. The fraction of sp³-hybridized carbons (Fsp3) is 0.286. The molecule has 0 aliphatic carbocycles. The molecule has 0 radical (unpaired) electrons. The summed E-state index contributed by atoms with van der Waals surface area (Å²) < 4.78 is 7.14. The van der Waals surface area contributed by atoms with Crippen LogP contribution in [0.1, 0.15) is 41.4 Å². The molecular weight excluding hydrogens is 488 g/mol. The van der Waals surface area contributed by atoms with Gasteiger partial charge in [0.05, 0.1) is 16.6 Å². The summed E-state index contributed by atoms with van der Waals surface area (Å²) in [6.45, 7) is 4.44. The molecule has 190 valence electrons. The van der Waals surface area contributed by atoms with E-state index in [1.54, 1.807) is 31.2 Å². The van der Waals surface area contributed by atoms with Crippen molar-refractivity contribution in [3.05, 3.63) is 81.7 Å². The third-order valence-corrected chi connectivity index (χ3v) is 7.84. The number of ether oxygens (including phenoxy) is 1. The van der Waals surface area contributed by atoms with Crippen molar-refractivity contribution in [3.8, 4) is 11.5 Å². The Balaban J connectivity index is 1.31. The number of amides is 2. The summed E-state index contributed by atoms with van der Waals surface area (Å²) in [6, 6.07) is 16.7. The predicted molar refractivity (Wildman–Crippen MR) is 145 cm³/mol. The quantitative estimate of drug-likeness (QED) is 0.380. The lowest BCUT2D eigenvalue weighted by Gasteiger charge is -2.33. The van der Waals surface area contributed by atoms with Crippen LogP contribution in [-0.2, 0) is 11.3 Å². The molecule has 37 heavy (non-hydrogen) atoms. The minimum absolute atomic E-state index is 0.0552. The second kappa shape index (κ2) is 10.6. The van der Waals surface area contributed by atoms with Crippen molar-refractivity contribution in [1.82, 2.24) is 14.5 Å². The average molecular weight is 517 g/mol. The van der Waals surface area contributed by atoms with Gasteiger partial charge in [0.1, 0.15) is 22.9 Å². The topological polar surface area (TPSA) is 93.5 Å². The molecule has 1 N–H and O–H groups in total. The van der Waals surface area contributed by atoms with E-state index in [4.69, 9.17) is 4.74 Å². The monoisotopic (exact) mass is 516 g/mol. The van der Waals surface area contributed by atoms with Gasteiger partial charge < -0.3 is 15.0 Å². The number of hydrogen-bond donors (Lipinski definition) is 1. The number of benzene rings is 2. The van der Waals surface area contributed by atoms with E-state index in [9.17, 15) is 14.4 Å². The minimum Gasteiger partial charge on any atom is -0.457 e. The van der Waals surface area contributed by atoms with E-state index >= 15 is 0 Å². The zero-order valence-corrected chi connectivity index (χ0v) is 21.6. The first-order chi connectivity index (χ1) is 17.9. The van der Waals surface area contributed by atoms with Crippen molar-refractivity contribution in [2.75, 3.05) is 11.9 Å². The lowest BCUT2D eigenvalue weighted by Crippen LogP contribution is -2.44. The van der Waals surface area contributed by atoms with Crippen LogP contribution in [-0.4, -0.2) is 38.9 Å². The third-order valence-electron chi connectivity index (χ3n) is 6.64. The maximum Gasteiger partial charge on any atom is 0.266 e. The number of piperidine rings is 1. The first-order valence-electron chi connectivity index (χ1n) is 12.3. The number of aryl methyl sites for hydroxylation is 1. The molecule has 2 aromatic heterocycles. The molecule has 8 nitrogen and oxygen atoms in total. The van der Waals surface area contributed by atoms with E-state index in [1.807, 2.05) is 42.2 Å². The molecule has 1 atom stereocenters. The summed E-state index contributed by atoms with van der Waals surface area (Å²) in [4.78, 5) is 46.3. The summed E-state index contributed by atoms with van der Waals surface area (Å²) in [5.74, 6) is 0.980. The minimum atomic E-state index is -0.318. The van der Waals surface area contributed by atoms with E-state index in [-0.39, 0.29) is 30.0 Å². The van der Waals surface area contributed by atoms with Crippen molar-refractivity contribution < 1.29 is 14.3 Å². The van der Waals surface area contributed by atoms with E-state index in [0.29, 0.717) is 38.6 Å². The van der Waals surface area contributed by atoms with Gasteiger partial charge in [-0.15, -0.1) is 11.3 Å². The van der Waals surface area contributed by atoms with Crippen LogP contribution in [0, 0.1) is 6.92 Å². The highest BCUT2D eigenvalue weighted by Crippen LogP contribution is 2.28. The van der Waals surface area contributed by atoms with Crippen LogP contribution < -0.4 is 15.6 Å². The molecular formula is C28H28N4O4S. The van der Waals surface area contributed by atoms with Crippen LogP contribution >= 0.6 is 11.3 Å². The van der Waals surface area contributed by atoms with Gasteiger partial charge in [0.2, 0.25) is 5.91 Å².